The number of benzene rings is 2. The summed E-state index contributed by atoms with van der Waals surface area (Å²) in [5.74, 6) is -5.96. The minimum Gasteiger partial charge on any atom is -0.491 e. The summed E-state index contributed by atoms with van der Waals surface area (Å²) in [5.41, 5.74) is 9.46. The Morgan fingerprint density at radius 3 is 2.06 bits per heavy atom. The zero-order valence-electron chi connectivity index (χ0n) is 25.5. The zero-order chi connectivity index (χ0) is 36.9. The van der Waals surface area contributed by atoms with Crippen LogP contribution < -0.4 is 15.2 Å². The maximum absolute atomic E-state index is 14.0. The summed E-state index contributed by atoms with van der Waals surface area (Å²) in [6.45, 7) is 2.12. The number of aryl methyl sites for hydroxylation is 1. The van der Waals surface area contributed by atoms with Gasteiger partial charge in [0.25, 0.3) is 0 Å². The molecule has 11 nitrogen and oxygen atoms in total. The summed E-state index contributed by atoms with van der Waals surface area (Å²) in [6, 6.07) is 17.2. The molecule has 2 heterocycles. The average molecular weight is 704 g/mol. The molecular weight excluding hydrogens is 675 g/mol. The molecule has 4 N–H and O–H groups in total. The van der Waals surface area contributed by atoms with Crippen molar-refractivity contribution in [2.45, 2.75) is 38.3 Å². The molecule has 0 amide bonds. The number of methoxy groups -OCH3 is 1. The van der Waals surface area contributed by atoms with Gasteiger partial charge in [-0.25, -0.2) is 23.8 Å². The molecule has 0 fully saturated rings. The Labute approximate surface area is 273 Å². The molecular formula is C31H28F7N3O8. The van der Waals surface area contributed by atoms with Gasteiger partial charge in [0.1, 0.15) is 30.3 Å². The summed E-state index contributed by atoms with van der Waals surface area (Å²) in [7, 11) is 1.56. The van der Waals surface area contributed by atoms with Gasteiger partial charge in [0.15, 0.2) is 0 Å². The average Bonchev–Trinajstić information content (AvgIpc) is 3.02. The number of rotatable bonds is 9. The molecule has 0 saturated carbocycles. The molecule has 4 aromatic rings. The highest BCUT2D eigenvalue weighted by atomic mass is 19.4. The SMILES string of the molecule is COc1cc(C)cc(C[C@@H](N)COc2ccc3ncc(F)cc3c2C(=O)OCc2ccccc2)n1.O=C(O)C(F)(F)F.O=C(O)C(F)(F)F. The smallest absolute Gasteiger partial charge is 0.490 e. The van der Waals surface area contributed by atoms with E-state index in [0.29, 0.717) is 23.2 Å². The number of carboxylic acids is 2. The van der Waals surface area contributed by atoms with E-state index in [4.69, 9.17) is 39.7 Å². The summed E-state index contributed by atoms with van der Waals surface area (Å²) >= 11 is 0. The van der Waals surface area contributed by atoms with Crippen LogP contribution in [0.2, 0.25) is 0 Å². The van der Waals surface area contributed by atoms with Crippen LogP contribution in [0.15, 0.2) is 66.9 Å². The van der Waals surface area contributed by atoms with Crippen LogP contribution in [0.25, 0.3) is 10.9 Å². The van der Waals surface area contributed by atoms with E-state index in [1.54, 1.807) is 19.2 Å². The summed E-state index contributed by atoms with van der Waals surface area (Å²) in [6.07, 6.45) is -8.63. The van der Waals surface area contributed by atoms with Crippen LogP contribution in [-0.4, -0.2) is 70.2 Å². The molecule has 1 atom stereocenters. The number of nitrogens with two attached hydrogens (primary N) is 1. The highest BCUT2D eigenvalue weighted by Gasteiger charge is 2.38. The van der Waals surface area contributed by atoms with Gasteiger partial charge in [0.05, 0.1) is 18.8 Å². The summed E-state index contributed by atoms with van der Waals surface area (Å²) in [5, 5.41) is 14.6. The van der Waals surface area contributed by atoms with Crippen LogP contribution in [0.3, 0.4) is 0 Å². The van der Waals surface area contributed by atoms with Crippen molar-refractivity contribution in [2.75, 3.05) is 13.7 Å². The fourth-order valence-corrected chi connectivity index (χ4v) is 3.72. The van der Waals surface area contributed by atoms with E-state index in [1.807, 2.05) is 49.4 Å². The molecule has 0 aliphatic rings. The Morgan fingerprint density at radius 2 is 1.51 bits per heavy atom. The van der Waals surface area contributed by atoms with Gasteiger partial charge < -0.3 is 30.2 Å². The molecule has 0 radical (unpaired) electrons. The van der Waals surface area contributed by atoms with E-state index >= 15 is 0 Å². The summed E-state index contributed by atoms with van der Waals surface area (Å²) < 4.78 is 94.2. The van der Waals surface area contributed by atoms with Gasteiger partial charge >= 0.3 is 30.3 Å². The largest absolute Gasteiger partial charge is 0.491 e. The number of aromatic nitrogens is 2. The van der Waals surface area contributed by atoms with Crippen LogP contribution in [0.5, 0.6) is 11.6 Å². The number of carbonyl (C=O) groups is 3. The van der Waals surface area contributed by atoms with Crippen molar-refractivity contribution < 1.29 is 69.5 Å². The third kappa shape index (κ3) is 13.3. The third-order valence-electron chi connectivity index (χ3n) is 5.83. The standard InChI is InChI=1S/C27H26FN3O4.2C2HF3O2/c1-17-10-21(31-25(11-17)33-2)13-20(29)16-34-24-9-8-23-22(12-19(28)14-30-23)26(24)27(32)35-15-18-6-4-3-5-7-18;2*3-2(4,5)1(6)7/h3-12,14,20H,13,15-16,29H2,1-2H3;2*(H,6,7)/t20-;;/m1../s1. The zero-order valence-corrected chi connectivity index (χ0v) is 25.5. The monoisotopic (exact) mass is 703 g/mol. The Balaban J connectivity index is 0.000000500. The third-order valence-corrected chi connectivity index (χ3v) is 5.83. The maximum atomic E-state index is 14.0. The molecule has 264 valence electrons. The van der Waals surface area contributed by atoms with E-state index in [2.05, 4.69) is 9.97 Å². The quantitative estimate of drug-likeness (QED) is 0.145. The Bertz CT molecular complexity index is 1710. The van der Waals surface area contributed by atoms with Gasteiger partial charge in [-0.2, -0.15) is 26.3 Å². The Kier molecular flexibility index (Phi) is 14.2. The van der Waals surface area contributed by atoms with Gasteiger partial charge in [-0.3, -0.25) is 4.98 Å². The van der Waals surface area contributed by atoms with Crippen molar-refractivity contribution in [3.05, 3.63) is 95.1 Å². The minimum absolute atomic E-state index is 0.0681. The van der Waals surface area contributed by atoms with Crippen molar-refractivity contribution >= 4 is 28.8 Å². The number of carboxylic acid groups (broad SMARTS) is 2. The fourth-order valence-electron chi connectivity index (χ4n) is 3.72. The van der Waals surface area contributed by atoms with E-state index in [9.17, 15) is 35.5 Å². The molecule has 4 rings (SSSR count). The predicted molar refractivity (Wildman–Crippen MR) is 157 cm³/mol. The lowest BCUT2D eigenvalue weighted by atomic mass is 10.1. The molecule has 0 bridgehead atoms. The second kappa shape index (κ2) is 17.6. The first-order valence-electron chi connectivity index (χ1n) is 13.6. The number of nitrogens with zero attached hydrogens (tertiary/aromatic N) is 2. The van der Waals surface area contributed by atoms with Crippen LogP contribution in [-0.2, 0) is 27.4 Å². The Morgan fingerprint density at radius 1 is 0.918 bits per heavy atom. The first kappa shape index (κ1) is 39.7. The number of fused-ring (bicyclic) bond motifs is 1. The van der Waals surface area contributed by atoms with Crippen molar-refractivity contribution in [1.82, 2.24) is 9.97 Å². The lowest BCUT2D eigenvalue weighted by molar-refractivity contribution is -0.193. The molecule has 0 spiro atoms. The number of alkyl halides is 6. The van der Waals surface area contributed by atoms with Gasteiger partial charge in [-0.05, 0) is 42.3 Å². The van der Waals surface area contributed by atoms with Gasteiger partial charge in [-0.15, -0.1) is 0 Å². The van der Waals surface area contributed by atoms with E-state index in [1.165, 1.54) is 6.07 Å². The van der Waals surface area contributed by atoms with Gasteiger partial charge in [0.2, 0.25) is 5.88 Å². The normalized spacial score (nSPS) is 11.6. The van der Waals surface area contributed by atoms with Crippen molar-refractivity contribution in [3.63, 3.8) is 0 Å². The number of aliphatic carboxylic acids is 2. The number of esters is 1. The molecule has 0 aliphatic carbocycles. The van der Waals surface area contributed by atoms with Crippen LogP contribution in [0, 0.1) is 12.7 Å². The number of pyridine rings is 2. The van der Waals surface area contributed by atoms with Crippen LogP contribution in [0.4, 0.5) is 30.7 Å². The molecule has 0 saturated heterocycles. The van der Waals surface area contributed by atoms with Crippen molar-refractivity contribution in [2.24, 2.45) is 5.73 Å². The molecule has 0 aliphatic heterocycles. The summed E-state index contributed by atoms with van der Waals surface area (Å²) in [4.78, 5) is 39.4. The van der Waals surface area contributed by atoms with Crippen LogP contribution >= 0.6 is 0 Å². The predicted octanol–water partition coefficient (Wildman–Crippen LogP) is 5.66. The lowest BCUT2D eigenvalue weighted by Crippen LogP contribution is -2.31. The highest BCUT2D eigenvalue weighted by molar-refractivity contribution is 6.06. The van der Waals surface area contributed by atoms with Crippen molar-refractivity contribution in [1.29, 1.82) is 0 Å². The topological polar surface area (TPSA) is 171 Å². The molecule has 2 aromatic carbocycles. The number of ether oxygens (including phenoxy) is 3. The minimum atomic E-state index is -5.08. The number of halogens is 7. The fraction of sp³-hybridized carbons (Fsp3) is 0.258. The van der Waals surface area contributed by atoms with E-state index in [0.717, 1.165) is 23.0 Å². The second-order valence-corrected chi connectivity index (χ2v) is 9.78. The molecule has 18 heteroatoms. The number of hydrogen-bond donors (Lipinski definition) is 3. The molecule has 0 unspecified atom stereocenters. The first-order chi connectivity index (χ1) is 22.8. The number of hydrogen-bond acceptors (Lipinski definition) is 9. The first-order valence-corrected chi connectivity index (χ1v) is 13.6. The van der Waals surface area contributed by atoms with Crippen LogP contribution in [0.1, 0.15) is 27.2 Å². The van der Waals surface area contributed by atoms with Gasteiger partial charge in [0, 0.05) is 29.6 Å². The van der Waals surface area contributed by atoms with Crippen molar-refractivity contribution in [3.8, 4) is 11.6 Å². The lowest BCUT2D eigenvalue weighted by Gasteiger charge is -2.17. The second-order valence-electron chi connectivity index (χ2n) is 9.78. The van der Waals surface area contributed by atoms with Gasteiger partial charge in [-0.1, -0.05) is 30.3 Å². The number of carbonyl (C=O) groups excluding carboxylic acids is 1. The molecule has 2 aromatic heterocycles. The molecule has 49 heavy (non-hydrogen) atoms. The van der Waals surface area contributed by atoms with E-state index in [-0.39, 0.29) is 24.5 Å². The highest BCUT2D eigenvalue weighted by Crippen LogP contribution is 2.29. The maximum Gasteiger partial charge on any atom is 0.490 e. The van der Waals surface area contributed by atoms with E-state index < -0.39 is 42.1 Å². The Hall–Kier alpha value is -5.52.